The molecule has 3 heterocycles. The smallest absolute Gasteiger partial charge is 0.226 e. The van der Waals surface area contributed by atoms with Gasteiger partial charge in [-0.1, -0.05) is 30.3 Å². The number of hydrogen-bond donors (Lipinski definition) is 1. The second-order valence-electron chi connectivity index (χ2n) is 7.35. The number of aromatic nitrogens is 2. The monoisotopic (exact) mass is 472 g/mol. The van der Waals surface area contributed by atoms with Crippen LogP contribution in [0.3, 0.4) is 0 Å². The van der Waals surface area contributed by atoms with Crippen LogP contribution in [0.1, 0.15) is 16.8 Å². The molecular formula is C22H24N4O4S2. The quantitative estimate of drug-likeness (QED) is 0.540. The van der Waals surface area contributed by atoms with Crippen molar-refractivity contribution in [2.75, 3.05) is 26.3 Å². The van der Waals surface area contributed by atoms with E-state index in [1.54, 1.807) is 12.3 Å². The van der Waals surface area contributed by atoms with Crippen molar-refractivity contribution in [2.24, 2.45) is 0 Å². The number of hydrogen-bond acceptors (Lipinski definition) is 7. The molecule has 1 aliphatic rings. The van der Waals surface area contributed by atoms with Gasteiger partial charge in [-0.05, 0) is 23.3 Å². The highest BCUT2D eigenvalue weighted by Crippen LogP contribution is 2.21. The molecule has 32 heavy (non-hydrogen) atoms. The predicted molar refractivity (Wildman–Crippen MR) is 122 cm³/mol. The van der Waals surface area contributed by atoms with Crippen molar-refractivity contribution in [3.63, 3.8) is 0 Å². The number of sulfonamides is 1. The maximum Gasteiger partial charge on any atom is 0.226 e. The molecule has 10 heteroatoms. The minimum absolute atomic E-state index is 0.0986. The van der Waals surface area contributed by atoms with Crippen molar-refractivity contribution < 1.29 is 17.9 Å². The lowest BCUT2D eigenvalue weighted by Crippen LogP contribution is -2.41. The second kappa shape index (κ2) is 10.3. The van der Waals surface area contributed by atoms with E-state index in [0.29, 0.717) is 37.6 Å². The molecule has 1 aliphatic heterocycles. The Morgan fingerprint density at radius 3 is 2.59 bits per heavy atom. The first kappa shape index (κ1) is 22.5. The highest BCUT2D eigenvalue weighted by molar-refractivity contribution is 7.88. The summed E-state index contributed by atoms with van der Waals surface area (Å²) < 4.78 is 32.3. The summed E-state index contributed by atoms with van der Waals surface area (Å²) in [5.74, 6) is -0.271. The van der Waals surface area contributed by atoms with Gasteiger partial charge >= 0.3 is 0 Å². The summed E-state index contributed by atoms with van der Waals surface area (Å²) in [7, 11) is -3.44. The maximum atomic E-state index is 12.8. The Kier molecular flexibility index (Phi) is 7.26. The lowest BCUT2D eigenvalue weighted by Gasteiger charge is -2.26. The van der Waals surface area contributed by atoms with Gasteiger partial charge in [0.05, 0.1) is 36.8 Å². The molecule has 4 rings (SSSR count). The molecule has 1 N–H and O–H groups in total. The van der Waals surface area contributed by atoms with Crippen molar-refractivity contribution >= 4 is 27.3 Å². The van der Waals surface area contributed by atoms with Crippen LogP contribution >= 0.6 is 11.3 Å². The molecular weight excluding hydrogens is 448 g/mol. The van der Waals surface area contributed by atoms with E-state index in [0.717, 1.165) is 16.3 Å². The normalized spacial score (nSPS) is 14.9. The predicted octanol–water partition coefficient (Wildman–Crippen LogP) is 2.23. The zero-order valence-electron chi connectivity index (χ0n) is 17.4. The Hall–Kier alpha value is -2.66. The molecule has 0 spiro atoms. The SMILES string of the molecule is O=C(Cc1csc(-c2ccccn2)n1)NCc1ccccc1CS(=O)(=O)N1CCOCC1. The summed E-state index contributed by atoms with van der Waals surface area (Å²) >= 11 is 1.45. The number of morpholine rings is 1. The molecule has 1 saturated heterocycles. The molecule has 8 nitrogen and oxygen atoms in total. The highest BCUT2D eigenvalue weighted by atomic mass is 32.2. The molecule has 1 amide bonds. The third-order valence-electron chi connectivity index (χ3n) is 5.07. The van der Waals surface area contributed by atoms with E-state index in [9.17, 15) is 13.2 Å². The Balaban J connectivity index is 1.36. The van der Waals surface area contributed by atoms with Gasteiger partial charge in [-0.15, -0.1) is 11.3 Å². The minimum Gasteiger partial charge on any atom is -0.379 e. The van der Waals surface area contributed by atoms with Crippen LogP contribution in [0.25, 0.3) is 10.7 Å². The largest absolute Gasteiger partial charge is 0.379 e. The first-order valence-corrected chi connectivity index (χ1v) is 12.7. The molecule has 168 valence electrons. The van der Waals surface area contributed by atoms with Gasteiger partial charge in [-0.2, -0.15) is 4.31 Å². The minimum atomic E-state index is -3.44. The summed E-state index contributed by atoms with van der Waals surface area (Å²) in [5.41, 5.74) is 2.92. The van der Waals surface area contributed by atoms with Crippen LogP contribution in [-0.2, 0) is 38.3 Å². The third-order valence-corrected chi connectivity index (χ3v) is 7.81. The average Bonchev–Trinajstić information content (AvgIpc) is 3.28. The topological polar surface area (TPSA) is 101 Å². The molecule has 3 aromatic rings. The van der Waals surface area contributed by atoms with Crippen molar-refractivity contribution in [3.05, 3.63) is 70.9 Å². The molecule has 1 aromatic carbocycles. The Morgan fingerprint density at radius 2 is 1.84 bits per heavy atom. The van der Waals surface area contributed by atoms with Crippen LogP contribution < -0.4 is 5.32 Å². The number of pyridine rings is 1. The van der Waals surface area contributed by atoms with Gasteiger partial charge < -0.3 is 10.1 Å². The fraction of sp³-hybridized carbons (Fsp3) is 0.318. The fourth-order valence-electron chi connectivity index (χ4n) is 3.40. The number of carbonyl (C=O) groups is 1. The van der Waals surface area contributed by atoms with Crippen molar-refractivity contribution in [1.82, 2.24) is 19.6 Å². The molecule has 0 saturated carbocycles. The van der Waals surface area contributed by atoms with Crippen molar-refractivity contribution in [2.45, 2.75) is 18.7 Å². The van der Waals surface area contributed by atoms with Gasteiger partial charge in [-0.3, -0.25) is 9.78 Å². The molecule has 0 aliphatic carbocycles. The number of benzene rings is 1. The van der Waals surface area contributed by atoms with E-state index in [2.05, 4.69) is 15.3 Å². The Bertz CT molecular complexity index is 1160. The van der Waals surface area contributed by atoms with Crippen molar-refractivity contribution in [3.8, 4) is 10.7 Å². The molecule has 0 bridgehead atoms. The summed E-state index contributed by atoms with van der Waals surface area (Å²) in [6.07, 6.45) is 1.86. The maximum absolute atomic E-state index is 12.8. The molecule has 2 aromatic heterocycles. The van der Waals surface area contributed by atoms with Gasteiger partial charge in [0.1, 0.15) is 5.01 Å². The molecule has 1 fully saturated rings. The van der Waals surface area contributed by atoms with Crippen molar-refractivity contribution in [1.29, 1.82) is 0 Å². The lowest BCUT2D eigenvalue weighted by molar-refractivity contribution is -0.120. The zero-order valence-corrected chi connectivity index (χ0v) is 19.1. The van der Waals surface area contributed by atoms with E-state index >= 15 is 0 Å². The molecule has 0 atom stereocenters. The second-order valence-corrected chi connectivity index (χ2v) is 10.2. The molecule has 0 unspecified atom stereocenters. The van der Waals surface area contributed by atoms with Crippen LogP contribution in [-0.4, -0.2) is 54.9 Å². The van der Waals surface area contributed by atoms with Crippen LogP contribution in [0.5, 0.6) is 0 Å². The van der Waals surface area contributed by atoms with Gasteiger partial charge in [0.25, 0.3) is 0 Å². The van der Waals surface area contributed by atoms with E-state index in [-0.39, 0.29) is 24.6 Å². The summed E-state index contributed by atoms with van der Waals surface area (Å²) in [6, 6.07) is 12.9. The number of ether oxygens (including phenoxy) is 1. The van der Waals surface area contributed by atoms with E-state index in [1.165, 1.54) is 15.6 Å². The lowest BCUT2D eigenvalue weighted by atomic mass is 10.1. The summed E-state index contributed by atoms with van der Waals surface area (Å²) in [4.78, 5) is 21.2. The number of nitrogens with one attached hydrogen (secondary N) is 1. The zero-order chi connectivity index (χ0) is 22.4. The summed E-state index contributed by atoms with van der Waals surface area (Å²) in [6.45, 7) is 1.82. The number of nitrogens with zero attached hydrogens (tertiary/aromatic N) is 3. The molecule has 0 radical (unpaired) electrons. The number of carbonyl (C=O) groups excluding carboxylic acids is 1. The van der Waals surface area contributed by atoms with Gasteiger partial charge in [-0.25, -0.2) is 13.4 Å². The number of amides is 1. The van der Waals surface area contributed by atoms with Gasteiger partial charge in [0.15, 0.2) is 0 Å². The van der Waals surface area contributed by atoms with Crippen LogP contribution in [0.2, 0.25) is 0 Å². The number of rotatable bonds is 8. The van der Waals surface area contributed by atoms with E-state index in [4.69, 9.17) is 4.74 Å². The van der Waals surface area contributed by atoms with Gasteiger partial charge in [0.2, 0.25) is 15.9 Å². The fourth-order valence-corrected chi connectivity index (χ4v) is 5.76. The van der Waals surface area contributed by atoms with Crippen LogP contribution in [0.15, 0.2) is 54.0 Å². The standard InChI is InChI=1S/C22H24N4O4S2/c27-21(13-19-15-31-22(25-19)20-7-3-4-8-23-20)24-14-17-5-1-2-6-18(17)16-32(28,29)26-9-11-30-12-10-26/h1-8,15H,9-14,16H2,(H,24,27). The Morgan fingerprint density at radius 1 is 1.09 bits per heavy atom. The third kappa shape index (κ3) is 5.77. The summed E-state index contributed by atoms with van der Waals surface area (Å²) in [5, 5.41) is 5.51. The van der Waals surface area contributed by atoms with Crippen LogP contribution in [0.4, 0.5) is 0 Å². The van der Waals surface area contributed by atoms with E-state index in [1.807, 2.05) is 41.8 Å². The van der Waals surface area contributed by atoms with E-state index < -0.39 is 10.0 Å². The first-order chi connectivity index (χ1) is 15.5. The Labute approximate surface area is 191 Å². The number of thiazole rings is 1. The van der Waals surface area contributed by atoms with Gasteiger partial charge in [0, 0.05) is 31.2 Å². The van der Waals surface area contributed by atoms with Crippen LogP contribution in [0, 0.1) is 0 Å². The highest BCUT2D eigenvalue weighted by Gasteiger charge is 2.25. The average molecular weight is 473 g/mol. The first-order valence-electron chi connectivity index (χ1n) is 10.3.